The standard InChI is InChI=1S/C12H17BrN2S/c13-11-4-3-10(16-11)12(9-1-2-9)15-7-5-14-6-8-15/h3-4,9,12,14H,1-2,5-8H2/t12-/m1/s1. The van der Waals surface area contributed by atoms with Gasteiger partial charge >= 0.3 is 0 Å². The minimum atomic E-state index is 0.693. The van der Waals surface area contributed by atoms with E-state index in [4.69, 9.17) is 0 Å². The van der Waals surface area contributed by atoms with Crippen LogP contribution in [0.5, 0.6) is 0 Å². The van der Waals surface area contributed by atoms with Crippen LogP contribution in [-0.4, -0.2) is 31.1 Å². The minimum Gasteiger partial charge on any atom is -0.314 e. The molecule has 0 unspecified atom stereocenters. The third kappa shape index (κ3) is 2.35. The van der Waals surface area contributed by atoms with Crippen molar-refractivity contribution in [2.24, 2.45) is 5.92 Å². The molecule has 0 aromatic carbocycles. The van der Waals surface area contributed by atoms with Gasteiger partial charge < -0.3 is 5.32 Å². The van der Waals surface area contributed by atoms with Crippen molar-refractivity contribution in [3.05, 3.63) is 20.8 Å². The summed E-state index contributed by atoms with van der Waals surface area (Å²) in [5.74, 6) is 0.920. The fraction of sp³-hybridized carbons (Fsp3) is 0.667. The number of hydrogen-bond acceptors (Lipinski definition) is 3. The van der Waals surface area contributed by atoms with E-state index in [1.165, 1.54) is 29.7 Å². The lowest BCUT2D eigenvalue weighted by atomic mass is 10.1. The molecule has 0 amide bonds. The first-order valence-electron chi connectivity index (χ1n) is 6.04. The zero-order valence-electron chi connectivity index (χ0n) is 9.29. The Bertz CT molecular complexity index is 356. The molecule has 2 aliphatic rings. The molecule has 1 saturated carbocycles. The van der Waals surface area contributed by atoms with Gasteiger partial charge in [0.2, 0.25) is 0 Å². The Hall–Kier alpha value is 0.1000. The van der Waals surface area contributed by atoms with Crippen LogP contribution < -0.4 is 5.32 Å². The van der Waals surface area contributed by atoms with E-state index in [2.05, 4.69) is 38.3 Å². The predicted molar refractivity (Wildman–Crippen MR) is 71.9 cm³/mol. The van der Waals surface area contributed by atoms with Crippen molar-refractivity contribution in [3.8, 4) is 0 Å². The summed E-state index contributed by atoms with van der Waals surface area (Å²) in [5, 5.41) is 3.44. The lowest BCUT2D eigenvalue weighted by Crippen LogP contribution is -2.45. The molecular weight excluding hydrogens is 284 g/mol. The number of nitrogens with one attached hydrogen (secondary N) is 1. The van der Waals surface area contributed by atoms with Crippen molar-refractivity contribution in [2.45, 2.75) is 18.9 Å². The van der Waals surface area contributed by atoms with Crippen LogP contribution in [0.25, 0.3) is 0 Å². The molecule has 16 heavy (non-hydrogen) atoms. The van der Waals surface area contributed by atoms with Crippen LogP contribution in [0, 0.1) is 5.92 Å². The van der Waals surface area contributed by atoms with Crippen molar-refractivity contribution in [2.75, 3.05) is 26.2 Å². The largest absolute Gasteiger partial charge is 0.314 e. The maximum atomic E-state index is 3.58. The van der Waals surface area contributed by atoms with E-state index in [1.807, 2.05) is 11.3 Å². The molecular formula is C12H17BrN2S. The topological polar surface area (TPSA) is 15.3 Å². The molecule has 1 atom stereocenters. The van der Waals surface area contributed by atoms with E-state index in [0.717, 1.165) is 19.0 Å². The monoisotopic (exact) mass is 300 g/mol. The number of piperazine rings is 1. The molecule has 2 heterocycles. The summed E-state index contributed by atoms with van der Waals surface area (Å²) in [6.45, 7) is 4.71. The molecule has 88 valence electrons. The van der Waals surface area contributed by atoms with Crippen molar-refractivity contribution in [1.29, 1.82) is 0 Å². The number of halogens is 1. The SMILES string of the molecule is Brc1ccc([C@@H](C2CC2)N2CCNCC2)s1. The summed E-state index contributed by atoms with van der Waals surface area (Å²) in [4.78, 5) is 4.23. The molecule has 0 spiro atoms. The molecule has 3 rings (SSSR count). The van der Waals surface area contributed by atoms with Gasteiger partial charge in [-0.3, -0.25) is 4.90 Å². The highest BCUT2D eigenvalue weighted by Crippen LogP contribution is 2.46. The summed E-state index contributed by atoms with van der Waals surface area (Å²) in [6.07, 6.45) is 2.84. The minimum absolute atomic E-state index is 0.693. The number of rotatable bonds is 3. The molecule has 0 bridgehead atoms. The van der Waals surface area contributed by atoms with E-state index in [9.17, 15) is 0 Å². The summed E-state index contributed by atoms with van der Waals surface area (Å²) < 4.78 is 1.27. The first-order valence-corrected chi connectivity index (χ1v) is 7.65. The van der Waals surface area contributed by atoms with Crippen LogP contribution in [0.4, 0.5) is 0 Å². The molecule has 2 fully saturated rings. The molecule has 1 saturated heterocycles. The van der Waals surface area contributed by atoms with E-state index in [0.29, 0.717) is 6.04 Å². The van der Waals surface area contributed by atoms with Crippen molar-refractivity contribution in [3.63, 3.8) is 0 Å². The van der Waals surface area contributed by atoms with Crippen molar-refractivity contribution in [1.82, 2.24) is 10.2 Å². The second-order valence-corrected chi connectivity index (χ2v) is 7.20. The van der Waals surface area contributed by atoms with Crippen molar-refractivity contribution >= 4 is 27.3 Å². The van der Waals surface area contributed by atoms with Gasteiger partial charge in [0.05, 0.1) is 3.79 Å². The fourth-order valence-electron chi connectivity index (χ4n) is 2.57. The molecule has 1 aliphatic heterocycles. The molecule has 2 nitrogen and oxygen atoms in total. The molecule has 1 aromatic rings. The Morgan fingerprint density at radius 3 is 2.62 bits per heavy atom. The van der Waals surface area contributed by atoms with E-state index < -0.39 is 0 Å². The Morgan fingerprint density at radius 2 is 2.06 bits per heavy atom. The third-order valence-electron chi connectivity index (χ3n) is 3.50. The van der Waals surface area contributed by atoms with Gasteiger partial charge in [0.25, 0.3) is 0 Å². The Balaban J connectivity index is 1.79. The fourth-order valence-corrected chi connectivity index (χ4v) is 4.22. The molecule has 1 aliphatic carbocycles. The highest BCUT2D eigenvalue weighted by atomic mass is 79.9. The summed E-state index contributed by atoms with van der Waals surface area (Å²) in [5.41, 5.74) is 0. The first kappa shape index (κ1) is 11.2. The average Bonchev–Trinajstić information content (AvgIpc) is 3.04. The third-order valence-corrected chi connectivity index (χ3v) is 5.19. The Morgan fingerprint density at radius 1 is 1.31 bits per heavy atom. The second-order valence-electron chi connectivity index (χ2n) is 4.71. The van der Waals surface area contributed by atoms with Gasteiger partial charge in [-0.15, -0.1) is 11.3 Å². The van der Waals surface area contributed by atoms with Gasteiger partial charge in [-0.2, -0.15) is 0 Å². The van der Waals surface area contributed by atoms with Gasteiger partial charge in [-0.05, 0) is 46.8 Å². The van der Waals surface area contributed by atoms with Crippen LogP contribution >= 0.6 is 27.3 Å². The lowest BCUT2D eigenvalue weighted by Gasteiger charge is -2.34. The average molecular weight is 301 g/mol. The molecule has 4 heteroatoms. The number of hydrogen-bond donors (Lipinski definition) is 1. The van der Waals surface area contributed by atoms with Crippen molar-refractivity contribution < 1.29 is 0 Å². The van der Waals surface area contributed by atoms with Gasteiger partial charge in [0.15, 0.2) is 0 Å². The van der Waals surface area contributed by atoms with E-state index in [1.54, 1.807) is 4.88 Å². The lowest BCUT2D eigenvalue weighted by molar-refractivity contribution is 0.158. The maximum absolute atomic E-state index is 3.58. The highest BCUT2D eigenvalue weighted by molar-refractivity contribution is 9.11. The van der Waals surface area contributed by atoms with Gasteiger partial charge in [-0.1, -0.05) is 0 Å². The van der Waals surface area contributed by atoms with E-state index in [-0.39, 0.29) is 0 Å². The molecule has 1 aromatic heterocycles. The quantitative estimate of drug-likeness (QED) is 0.923. The van der Waals surface area contributed by atoms with Crippen LogP contribution in [0.2, 0.25) is 0 Å². The summed E-state index contributed by atoms with van der Waals surface area (Å²) >= 11 is 5.49. The van der Waals surface area contributed by atoms with E-state index >= 15 is 0 Å². The zero-order chi connectivity index (χ0) is 11.0. The molecule has 0 radical (unpaired) electrons. The van der Waals surface area contributed by atoms with Gasteiger partial charge in [0.1, 0.15) is 0 Å². The van der Waals surface area contributed by atoms with Gasteiger partial charge in [0, 0.05) is 37.1 Å². The summed E-state index contributed by atoms with van der Waals surface area (Å²) in [6, 6.07) is 5.19. The predicted octanol–water partition coefficient (Wildman–Crippen LogP) is 2.87. The van der Waals surface area contributed by atoms with Crippen LogP contribution in [0.3, 0.4) is 0 Å². The number of nitrogens with zero attached hydrogens (tertiary/aromatic N) is 1. The second kappa shape index (κ2) is 4.77. The first-order chi connectivity index (χ1) is 7.84. The zero-order valence-corrected chi connectivity index (χ0v) is 11.7. The van der Waals surface area contributed by atoms with Crippen LogP contribution in [0.15, 0.2) is 15.9 Å². The maximum Gasteiger partial charge on any atom is 0.0701 e. The smallest absolute Gasteiger partial charge is 0.0701 e. The molecule has 1 N–H and O–H groups in total. The van der Waals surface area contributed by atoms with Crippen LogP contribution in [0.1, 0.15) is 23.8 Å². The van der Waals surface area contributed by atoms with Gasteiger partial charge in [-0.25, -0.2) is 0 Å². The van der Waals surface area contributed by atoms with Crippen LogP contribution in [-0.2, 0) is 0 Å². The highest BCUT2D eigenvalue weighted by Gasteiger charge is 2.37. The summed E-state index contributed by atoms with van der Waals surface area (Å²) in [7, 11) is 0. The Kier molecular flexibility index (Phi) is 3.34. The normalized spacial score (nSPS) is 24.6. The number of thiophene rings is 1. The Labute approximate surface area is 109 Å².